The van der Waals surface area contributed by atoms with Crippen molar-refractivity contribution in [2.24, 2.45) is 5.92 Å². The van der Waals surface area contributed by atoms with Crippen LogP contribution in [0.3, 0.4) is 0 Å². The van der Waals surface area contributed by atoms with Crippen LogP contribution in [0.15, 0.2) is 18.2 Å². The van der Waals surface area contributed by atoms with E-state index in [0.717, 1.165) is 0 Å². The Morgan fingerprint density at radius 2 is 1.87 bits per heavy atom. The second-order valence-corrected chi connectivity index (χ2v) is 10.3. The van der Waals surface area contributed by atoms with Crippen molar-refractivity contribution in [1.29, 1.82) is 0 Å². The molecule has 1 aromatic carbocycles. The van der Waals surface area contributed by atoms with Crippen LogP contribution in [0, 0.1) is 5.92 Å². The van der Waals surface area contributed by atoms with E-state index in [1.54, 1.807) is 0 Å². The van der Waals surface area contributed by atoms with Crippen LogP contribution < -0.4 is 10.6 Å². The average molecular weight is 480 g/mol. The lowest BCUT2D eigenvalue weighted by Gasteiger charge is -2.26. The lowest BCUT2D eigenvalue weighted by molar-refractivity contribution is -0.123. The molecule has 2 rings (SSSR count). The van der Waals surface area contributed by atoms with Gasteiger partial charge in [-0.15, -0.1) is 0 Å². The molecule has 30 heavy (non-hydrogen) atoms. The minimum Gasteiger partial charge on any atom is -0.379 e. The fourth-order valence-corrected chi connectivity index (χ4v) is 4.81. The summed E-state index contributed by atoms with van der Waals surface area (Å²) in [4.78, 5) is 25.2. The summed E-state index contributed by atoms with van der Waals surface area (Å²) in [5, 5.41) is 5.88. The van der Waals surface area contributed by atoms with E-state index < -0.39 is 27.9 Å². The van der Waals surface area contributed by atoms with Crippen LogP contribution in [-0.4, -0.2) is 69.2 Å². The Hall–Kier alpha value is -1.39. The van der Waals surface area contributed by atoms with Gasteiger partial charge in [0.1, 0.15) is 6.04 Å². The number of amides is 2. The number of halogens is 2. The summed E-state index contributed by atoms with van der Waals surface area (Å²) >= 11 is 11.9. The number of carbonyl (C=O) groups is 2. The Bertz CT molecular complexity index is 858. The van der Waals surface area contributed by atoms with Gasteiger partial charge in [0.05, 0.1) is 29.6 Å². The second kappa shape index (κ2) is 11.3. The highest BCUT2D eigenvalue weighted by Gasteiger charge is 2.26. The maximum atomic E-state index is 12.6. The van der Waals surface area contributed by atoms with Crippen molar-refractivity contribution in [2.45, 2.75) is 26.3 Å². The van der Waals surface area contributed by atoms with Gasteiger partial charge in [-0.05, 0) is 30.5 Å². The zero-order valence-electron chi connectivity index (χ0n) is 17.0. The number of sulfonamides is 1. The summed E-state index contributed by atoms with van der Waals surface area (Å²) in [5.41, 5.74) is 0.206. The lowest BCUT2D eigenvalue weighted by atomic mass is 10.0. The van der Waals surface area contributed by atoms with E-state index in [1.807, 2.05) is 13.8 Å². The van der Waals surface area contributed by atoms with Crippen molar-refractivity contribution in [3.8, 4) is 0 Å². The number of ether oxygens (including phenoxy) is 1. The SMILES string of the molecule is CC(C)CC(NC(=O)c1ccc(Cl)cc1Cl)C(=O)NCCS(=O)(=O)N1CCOCC1. The molecule has 8 nitrogen and oxygen atoms in total. The third-order valence-electron chi connectivity index (χ3n) is 4.53. The van der Waals surface area contributed by atoms with Crippen LogP contribution in [0.25, 0.3) is 0 Å². The lowest BCUT2D eigenvalue weighted by Crippen LogP contribution is -2.49. The Kier molecular flexibility index (Phi) is 9.36. The molecule has 2 amide bonds. The fourth-order valence-electron chi connectivity index (χ4n) is 2.99. The maximum Gasteiger partial charge on any atom is 0.253 e. The molecule has 0 aliphatic carbocycles. The van der Waals surface area contributed by atoms with Gasteiger partial charge in [0.15, 0.2) is 0 Å². The summed E-state index contributed by atoms with van der Waals surface area (Å²) in [6.07, 6.45) is 0.388. The number of nitrogens with zero attached hydrogens (tertiary/aromatic N) is 1. The Morgan fingerprint density at radius 1 is 1.20 bits per heavy atom. The Morgan fingerprint density at radius 3 is 2.47 bits per heavy atom. The molecule has 0 spiro atoms. The summed E-state index contributed by atoms with van der Waals surface area (Å²) in [5.74, 6) is -1.04. The predicted octanol–water partition coefficient (Wildman–Crippen LogP) is 1.92. The van der Waals surface area contributed by atoms with E-state index in [9.17, 15) is 18.0 Å². The van der Waals surface area contributed by atoms with Gasteiger partial charge in [0.25, 0.3) is 5.91 Å². The molecule has 1 heterocycles. The molecular formula is C19H27Cl2N3O5S. The fraction of sp³-hybridized carbons (Fsp3) is 0.579. The average Bonchev–Trinajstić information content (AvgIpc) is 2.67. The van der Waals surface area contributed by atoms with Crippen molar-refractivity contribution >= 4 is 45.0 Å². The van der Waals surface area contributed by atoms with Gasteiger partial charge in [-0.25, -0.2) is 8.42 Å². The van der Waals surface area contributed by atoms with Crippen LogP contribution in [0.4, 0.5) is 0 Å². The predicted molar refractivity (Wildman–Crippen MR) is 116 cm³/mol. The largest absolute Gasteiger partial charge is 0.379 e. The number of rotatable bonds is 9. The number of carbonyl (C=O) groups excluding carboxylic acids is 2. The van der Waals surface area contributed by atoms with E-state index in [4.69, 9.17) is 27.9 Å². The highest BCUT2D eigenvalue weighted by atomic mass is 35.5. The van der Waals surface area contributed by atoms with Crippen molar-refractivity contribution < 1.29 is 22.7 Å². The molecule has 0 saturated carbocycles. The van der Waals surface area contributed by atoms with E-state index in [0.29, 0.717) is 37.7 Å². The molecule has 0 radical (unpaired) electrons. The first kappa shape index (κ1) is 24.9. The number of nitrogens with one attached hydrogen (secondary N) is 2. The van der Waals surface area contributed by atoms with Gasteiger partial charge in [0, 0.05) is 24.7 Å². The van der Waals surface area contributed by atoms with Crippen LogP contribution in [0.2, 0.25) is 10.0 Å². The molecule has 168 valence electrons. The quantitative estimate of drug-likeness (QED) is 0.562. The van der Waals surface area contributed by atoms with E-state index in [1.165, 1.54) is 22.5 Å². The van der Waals surface area contributed by atoms with Crippen molar-refractivity contribution in [3.63, 3.8) is 0 Å². The third-order valence-corrected chi connectivity index (χ3v) is 6.95. The van der Waals surface area contributed by atoms with Gasteiger partial charge < -0.3 is 15.4 Å². The first-order chi connectivity index (χ1) is 14.1. The second-order valence-electron chi connectivity index (χ2n) is 7.40. The molecule has 1 aliphatic rings. The van der Waals surface area contributed by atoms with Crippen LogP contribution in [-0.2, 0) is 19.6 Å². The molecule has 0 aromatic heterocycles. The number of hydrogen-bond acceptors (Lipinski definition) is 5. The summed E-state index contributed by atoms with van der Waals surface area (Å²) in [7, 11) is -3.48. The molecule has 2 N–H and O–H groups in total. The van der Waals surface area contributed by atoms with Crippen LogP contribution in [0.1, 0.15) is 30.6 Å². The number of morpholine rings is 1. The molecule has 1 aromatic rings. The molecular weight excluding hydrogens is 453 g/mol. The molecule has 1 fully saturated rings. The highest BCUT2D eigenvalue weighted by Crippen LogP contribution is 2.21. The Balaban J connectivity index is 1.96. The van der Waals surface area contributed by atoms with Crippen LogP contribution in [0.5, 0.6) is 0 Å². The van der Waals surface area contributed by atoms with Gasteiger partial charge >= 0.3 is 0 Å². The minimum atomic E-state index is -3.48. The Labute approximate surface area is 187 Å². The molecule has 0 bridgehead atoms. The van der Waals surface area contributed by atoms with Gasteiger partial charge in [0.2, 0.25) is 15.9 Å². The molecule has 11 heteroatoms. The third kappa shape index (κ3) is 7.39. The van der Waals surface area contributed by atoms with Crippen molar-refractivity contribution in [1.82, 2.24) is 14.9 Å². The highest BCUT2D eigenvalue weighted by molar-refractivity contribution is 7.89. The summed E-state index contributed by atoms with van der Waals surface area (Å²) in [6, 6.07) is 3.65. The molecule has 1 aliphatic heterocycles. The van der Waals surface area contributed by atoms with E-state index >= 15 is 0 Å². The van der Waals surface area contributed by atoms with E-state index in [-0.39, 0.29) is 28.8 Å². The van der Waals surface area contributed by atoms with E-state index in [2.05, 4.69) is 10.6 Å². The van der Waals surface area contributed by atoms with Crippen LogP contribution >= 0.6 is 23.2 Å². The standard InChI is InChI=1S/C19H27Cl2N3O5S/c1-13(2)11-17(23-18(25)15-4-3-14(20)12-16(15)21)19(26)22-5-10-30(27,28)24-6-8-29-9-7-24/h3-4,12-13,17H,5-11H2,1-2H3,(H,22,26)(H,23,25). The van der Waals surface area contributed by atoms with Crippen molar-refractivity contribution in [3.05, 3.63) is 33.8 Å². The first-order valence-electron chi connectivity index (χ1n) is 9.69. The topological polar surface area (TPSA) is 105 Å². The maximum absolute atomic E-state index is 12.6. The van der Waals surface area contributed by atoms with Gasteiger partial charge in [-0.2, -0.15) is 4.31 Å². The number of hydrogen-bond donors (Lipinski definition) is 2. The normalized spacial score (nSPS) is 16.3. The van der Waals surface area contributed by atoms with Gasteiger partial charge in [-0.3, -0.25) is 9.59 Å². The minimum absolute atomic E-state index is 0.0509. The summed E-state index contributed by atoms with van der Waals surface area (Å²) in [6.45, 7) is 5.14. The zero-order valence-corrected chi connectivity index (χ0v) is 19.3. The molecule has 1 atom stereocenters. The first-order valence-corrected chi connectivity index (χ1v) is 12.1. The van der Waals surface area contributed by atoms with Gasteiger partial charge in [-0.1, -0.05) is 37.0 Å². The molecule has 1 unspecified atom stereocenters. The van der Waals surface area contributed by atoms with Crippen molar-refractivity contribution in [2.75, 3.05) is 38.6 Å². The zero-order chi connectivity index (χ0) is 22.3. The monoisotopic (exact) mass is 479 g/mol. The smallest absolute Gasteiger partial charge is 0.253 e. The number of benzene rings is 1. The molecule has 1 saturated heterocycles. The summed E-state index contributed by atoms with van der Waals surface area (Å²) < 4.78 is 31.3.